The molecular formula is C17H19N3O3. The van der Waals surface area contributed by atoms with Crippen LogP contribution in [0.3, 0.4) is 0 Å². The number of aromatic nitrogens is 2. The molecule has 4 rings (SSSR count). The number of fused-ring (bicyclic) bond motifs is 1. The summed E-state index contributed by atoms with van der Waals surface area (Å²) in [4.78, 5) is 32.8. The molecule has 2 fully saturated rings. The highest BCUT2D eigenvalue weighted by Gasteiger charge is 2.59. The summed E-state index contributed by atoms with van der Waals surface area (Å²) < 4.78 is 0. The summed E-state index contributed by atoms with van der Waals surface area (Å²) in [5.41, 5.74) is 1.73. The molecule has 1 aliphatic heterocycles. The second-order valence-corrected chi connectivity index (χ2v) is 6.73. The van der Waals surface area contributed by atoms with Gasteiger partial charge in [0.15, 0.2) is 0 Å². The van der Waals surface area contributed by atoms with E-state index in [0.717, 1.165) is 35.9 Å². The number of nitrogens with zero attached hydrogens (tertiary/aromatic N) is 2. The van der Waals surface area contributed by atoms with Crippen molar-refractivity contribution in [3.05, 3.63) is 30.1 Å². The van der Waals surface area contributed by atoms with E-state index in [-0.39, 0.29) is 17.2 Å². The fraction of sp³-hybridized carbons (Fsp3) is 0.471. The van der Waals surface area contributed by atoms with E-state index in [1.54, 1.807) is 6.20 Å². The maximum Gasteiger partial charge on any atom is 0.307 e. The third kappa shape index (κ3) is 2.38. The van der Waals surface area contributed by atoms with Crippen LogP contribution >= 0.6 is 0 Å². The van der Waals surface area contributed by atoms with E-state index < -0.39 is 5.97 Å². The fourth-order valence-electron chi connectivity index (χ4n) is 3.88. The molecule has 2 N–H and O–H groups in total. The van der Waals surface area contributed by atoms with Gasteiger partial charge in [0.1, 0.15) is 5.65 Å². The van der Waals surface area contributed by atoms with Crippen LogP contribution in [0.5, 0.6) is 0 Å². The van der Waals surface area contributed by atoms with E-state index in [9.17, 15) is 9.59 Å². The number of amides is 1. The Balaban J connectivity index is 1.40. The monoisotopic (exact) mass is 313 g/mol. The number of pyridine rings is 1. The second kappa shape index (κ2) is 5.08. The van der Waals surface area contributed by atoms with Gasteiger partial charge in [0.25, 0.3) is 0 Å². The molecule has 1 atom stereocenters. The lowest BCUT2D eigenvalue weighted by atomic mass is 9.90. The fourth-order valence-corrected chi connectivity index (χ4v) is 3.88. The first-order valence-electron chi connectivity index (χ1n) is 8.01. The van der Waals surface area contributed by atoms with Crippen LogP contribution in [0.2, 0.25) is 0 Å². The predicted molar refractivity (Wildman–Crippen MR) is 83.8 cm³/mol. The number of aromatic amines is 1. The lowest BCUT2D eigenvalue weighted by molar-refractivity contribution is -0.139. The number of hydrogen-bond acceptors (Lipinski definition) is 3. The lowest BCUT2D eigenvalue weighted by Gasteiger charge is -2.32. The molecule has 1 amide bonds. The van der Waals surface area contributed by atoms with E-state index in [2.05, 4.69) is 9.97 Å². The van der Waals surface area contributed by atoms with Gasteiger partial charge >= 0.3 is 5.97 Å². The number of H-pyrrole nitrogens is 1. The van der Waals surface area contributed by atoms with E-state index in [4.69, 9.17) is 5.11 Å². The number of piperidine rings is 1. The highest BCUT2D eigenvalue weighted by Crippen LogP contribution is 2.59. The molecule has 3 heterocycles. The molecule has 1 saturated carbocycles. The minimum absolute atomic E-state index is 0.0344. The molecule has 1 saturated heterocycles. The van der Waals surface area contributed by atoms with Crippen molar-refractivity contribution in [1.29, 1.82) is 0 Å². The summed E-state index contributed by atoms with van der Waals surface area (Å²) in [7, 11) is 0. The van der Waals surface area contributed by atoms with Crippen LogP contribution in [-0.2, 0) is 16.0 Å². The van der Waals surface area contributed by atoms with Crippen molar-refractivity contribution in [2.75, 3.05) is 13.1 Å². The minimum atomic E-state index is -0.684. The zero-order valence-electron chi connectivity index (χ0n) is 12.8. The average molecular weight is 313 g/mol. The van der Waals surface area contributed by atoms with Gasteiger partial charge in [-0.05, 0) is 42.4 Å². The standard InChI is InChI=1S/C17H19N3O3/c21-14(8-11-10-19-15-12(11)2-1-5-18-15)20-6-3-17(4-7-20)9-13(17)16(22)23/h1-2,5,10,13H,3-4,6-9H2,(H,18,19)(H,22,23). The number of carboxylic acid groups (broad SMARTS) is 1. The summed E-state index contributed by atoms with van der Waals surface area (Å²) >= 11 is 0. The van der Waals surface area contributed by atoms with Crippen LogP contribution in [0.15, 0.2) is 24.5 Å². The molecule has 0 radical (unpaired) electrons. The number of rotatable bonds is 3. The third-order valence-electron chi connectivity index (χ3n) is 5.48. The van der Waals surface area contributed by atoms with Crippen molar-refractivity contribution in [1.82, 2.24) is 14.9 Å². The molecule has 6 heteroatoms. The average Bonchev–Trinajstić information content (AvgIpc) is 3.11. The maximum absolute atomic E-state index is 12.5. The molecule has 2 aromatic heterocycles. The van der Waals surface area contributed by atoms with Crippen molar-refractivity contribution >= 4 is 22.9 Å². The number of carbonyl (C=O) groups is 2. The highest BCUT2D eigenvalue weighted by atomic mass is 16.4. The normalized spacial score (nSPS) is 22.4. The van der Waals surface area contributed by atoms with Crippen LogP contribution in [0.4, 0.5) is 0 Å². The molecule has 23 heavy (non-hydrogen) atoms. The molecule has 1 aliphatic carbocycles. The van der Waals surface area contributed by atoms with E-state index in [1.165, 1.54) is 0 Å². The first-order chi connectivity index (χ1) is 11.1. The number of carboxylic acids is 1. The van der Waals surface area contributed by atoms with Gasteiger partial charge in [-0.1, -0.05) is 0 Å². The first kappa shape index (κ1) is 14.2. The molecule has 6 nitrogen and oxygen atoms in total. The zero-order valence-corrected chi connectivity index (χ0v) is 12.8. The van der Waals surface area contributed by atoms with E-state index >= 15 is 0 Å². The Morgan fingerprint density at radius 2 is 2.17 bits per heavy atom. The van der Waals surface area contributed by atoms with E-state index in [1.807, 2.05) is 23.2 Å². The zero-order chi connectivity index (χ0) is 16.0. The Labute approximate surface area is 133 Å². The molecule has 0 bridgehead atoms. The topological polar surface area (TPSA) is 86.3 Å². The third-order valence-corrected chi connectivity index (χ3v) is 5.48. The van der Waals surface area contributed by atoms with Crippen molar-refractivity contribution in [2.45, 2.75) is 25.7 Å². The molecule has 2 aromatic rings. The number of carbonyl (C=O) groups excluding carboxylic acids is 1. The van der Waals surface area contributed by atoms with Gasteiger partial charge in [0, 0.05) is 30.9 Å². The molecule has 2 aliphatic rings. The van der Waals surface area contributed by atoms with Crippen LogP contribution in [0.25, 0.3) is 11.0 Å². The van der Waals surface area contributed by atoms with Crippen LogP contribution in [0.1, 0.15) is 24.8 Å². The quantitative estimate of drug-likeness (QED) is 0.905. The summed E-state index contributed by atoms with van der Waals surface area (Å²) in [6, 6.07) is 3.84. The molecule has 1 unspecified atom stereocenters. The van der Waals surface area contributed by atoms with Gasteiger partial charge in [0.05, 0.1) is 12.3 Å². The number of aliphatic carboxylic acids is 1. The summed E-state index contributed by atoms with van der Waals surface area (Å²) in [6.45, 7) is 1.34. The van der Waals surface area contributed by atoms with Crippen molar-refractivity contribution < 1.29 is 14.7 Å². The van der Waals surface area contributed by atoms with Gasteiger partial charge in [0.2, 0.25) is 5.91 Å². The maximum atomic E-state index is 12.5. The Hall–Kier alpha value is -2.37. The number of likely N-dealkylation sites (tertiary alicyclic amines) is 1. The largest absolute Gasteiger partial charge is 0.481 e. The second-order valence-electron chi connectivity index (χ2n) is 6.73. The highest BCUT2D eigenvalue weighted by molar-refractivity contribution is 5.87. The predicted octanol–water partition coefficient (Wildman–Crippen LogP) is 1.82. The minimum Gasteiger partial charge on any atom is -0.481 e. The molecule has 120 valence electrons. The molecule has 0 aromatic carbocycles. The number of nitrogens with one attached hydrogen (secondary N) is 1. The van der Waals surface area contributed by atoms with E-state index in [0.29, 0.717) is 19.5 Å². The summed E-state index contributed by atoms with van der Waals surface area (Å²) in [6.07, 6.45) is 6.33. The Morgan fingerprint density at radius 1 is 1.39 bits per heavy atom. The number of hydrogen-bond donors (Lipinski definition) is 2. The Bertz CT molecular complexity index is 774. The summed E-state index contributed by atoms with van der Waals surface area (Å²) in [5, 5.41) is 10.1. The van der Waals surface area contributed by atoms with Gasteiger partial charge in [-0.15, -0.1) is 0 Å². The SMILES string of the molecule is O=C(O)C1CC12CCN(C(=O)Cc1c[nH]c3ncccc13)CC2. The van der Waals surface area contributed by atoms with Crippen molar-refractivity contribution in [3.8, 4) is 0 Å². The molecule has 1 spiro atoms. The van der Waals surface area contributed by atoms with Gasteiger partial charge in [-0.2, -0.15) is 0 Å². The van der Waals surface area contributed by atoms with Crippen LogP contribution in [-0.4, -0.2) is 44.9 Å². The van der Waals surface area contributed by atoms with Gasteiger partial charge in [-0.3, -0.25) is 9.59 Å². The first-order valence-corrected chi connectivity index (χ1v) is 8.01. The van der Waals surface area contributed by atoms with Crippen molar-refractivity contribution in [2.24, 2.45) is 11.3 Å². The van der Waals surface area contributed by atoms with Crippen molar-refractivity contribution in [3.63, 3.8) is 0 Å². The van der Waals surface area contributed by atoms with Gasteiger partial charge in [-0.25, -0.2) is 4.98 Å². The smallest absolute Gasteiger partial charge is 0.307 e. The Morgan fingerprint density at radius 3 is 2.87 bits per heavy atom. The van der Waals surface area contributed by atoms with Crippen LogP contribution < -0.4 is 0 Å². The Kier molecular flexibility index (Phi) is 3.14. The lowest BCUT2D eigenvalue weighted by Crippen LogP contribution is -2.40. The van der Waals surface area contributed by atoms with Crippen LogP contribution in [0, 0.1) is 11.3 Å². The molecular weight excluding hydrogens is 294 g/mol. The summed E-state index contributed by atoms with van der Waals surface area (Å²) in [5.74, 6) is -0.771. The van der Waals surface area contributed by atoms with Gasteiger partial charge < -0.3 is 15.0 Å².